The fraction of sp³-hybridized carbons (Fsp3) is 0.588. The van der Waals surface area contributed by atoms with Crippen molar-refractivity contribution in [3.8, 4) is 11.1 Å². The van der Waals surface area contributed by atoms with Gasteiger partial charge in [0.25, 0.3) is 5.91 Å². The number of carbonyl (C=O) groups is 2. The van der Waals surface area contributed by atoms with Crippen molar-refractivity contribution in [1.29, 1.82) is 0 Å². The average Bonchev–Trinajstić information content (AvgIpc) is 2.97. The van der Waals surface area contributed by atoms with E-state index in [4.69, 9.17) is 14.2 Å². The third-order valence-electron chi connectivity index (χ3n) is 8.54. The van der Waals surface area contributed by atoms with E-state index in [1.54, 1.807) is 11.8 Å². The zero-order valence-corrected chi connectivity index (χ0v) is 25.8. The van der Waals surface area contributed by atoms with Crippen molar-refractivity contribution in [2.75, 3.05) is 25.7 Å². The molecule has 7 heteroatoms. The number of methoxy groups -OCH3 is 1. The molecular weight excluding hydrogens is 534 g/mol. The minimum Gasteiger partial charge on any atom is -0.467 e. The third-order valence-corrected chi connectivity index (χ3v) is 9.19. The van der Waals surface area contributed by atoms with Crippen LogP contribution in [0.4, 0.5) is 0 Å². The molecule has 0 aliphatic heterocycles. The summed E-state index contributed by atoms with van der Waals surface area (Å²) in [6.45, 7) is 3.16. The summed E-state index contributed by atoms with van der Waals surface area (Å²) in [5, 5.41) is 2.93. The highest BCUT2D eigenvalue weighted by molar-refractivity contribution is 7.98. The van der Waals surface area contributed by atoms with Gasteiger partial charge in [0.05, 0.1) is 32.5 Å². The minimum absolute atomic E-state index is 0.0702. The van der Waals surface area contributed by atoms with E-state index in [1.165, 1.54) is 45.6 Å². The number of aryl methyl sites for hydroxylation is 1. The highest BCUT2D eigenvalue weighted by Gasteiger charge is 2.26. The van der Waals surface area contributed by atoms with Crippen molar-refractivity contribution in [3.05, 3.63) is 59.2 Å². The summed E-state index contributed by atoms with van der Waals surface area (Å²) in [4.78, 5) is 25.9. The fourth-order valence-corrected chi connectivity index (χ4v) is 6.29. The van der Waals surface area contributed by atoms with Crippen LogP contribution in [-0.2, 0) is 25.6 Å². The van der Waals surface area contributed by atoms with E-state index in [1.807, 2.05) is 49.6 Å². The van der Waals surface area contributed by atoms with Gasteiger partial charge in [-0.25, -0.2) is 4.79 Å². The van der Waals surface area contributed by atoms with Gasteiger partial charge in [0.1, 0.15) is 6.04 Å². The summed E-state index contributed by atoms with van der Waals surface area (Å²) in [5.41, 5.74) is 4.46. The average molecular weight is 582 g/mol. The lowest BCUT2D eigenvalue weighted by atomic mass is 9.85. The maximum atomic E-state index is 13.6. The summed E-state index contributed by atoms with van der Waals surface area (Å²) >= 11 is 1.63. The second kappa shape index (κ2) is 16.3. The van der Waals surface area contributed by atoms with Gasteiger partial charge in [-0.15, -0.1) is 0 Å². The number of amides is 1. The summed E-state index contributed by atoms with van der Waals surface area (Å²) in [7, 11) is 1.35. The van der Waals surface area contributed by atoms with Gasteiger partial charge < -0.3 is 19.5 Å². The second-order valence-electron chi connectivity index (χ2n) is 11.6. The Morgan fingerprint density at radius 3 is 2.46 bits per heavy atom. The van der Waals surface area contributed by atoms with E-state index in [9.17, 15) is 9.59 Å². The molecule has 2 fully saturated rings. The lowest BCUT2D eigenvalue weighted by Crippen LogP contribution is -2.42. The lowest BCUT2D eigenvalue weighted by molar-refractivity contribution is -0.142. The number of carbonyl (C=O) groups excluding carboxylic acids is 2. The van der Waals surface area contributed by atoms with Gasteiger partial charge in [0.15, 0.2) is 0 Å². The van der Waals surface area contributed by atoms with Gasteiger partial charge in [0, 0.05) is 5.56 Å². The van der Waals surface area contributed by atoms with Crippen molar-refractivity contribution in [2.24, 2.45) is 5.92 Å². The van der Waals surface area contributed by atoms with Crippen LogP contribution in [-0.4, -0.2) is 55.9 Å². The van der Waals surface area contributed by atoms with Crippen LogP contribution in [0.3, 0.4) is 0 Å². The first-order valence-electron chi connectivity index (χ1n) is 15.3. The van der Waals surface area contributed by atoms with Gasteiger partial charge >= 0.3 is 5.97 Å². The molecular formula is C34H47NO5S. The summed E-state index contributed by atoms with van der Waals surface area (Å²) in [6.07, 6.45) is 14.1. The van der Waals surface area contributed by atoms with Crippen LogP contribution < -0.4 is 5.32 Å². The van der Waals surface area contributed by atoms with Gasteiger partial charge in [-0.1, -0.05) is 62.4 Å². The molecule has 2 aromatic rings. The Kier molecular flexibility index (Phi) is 12.6. The molecule has 0 spiro atoms. The topological polar surface area (TPSA) is 73.9 Å². The Morgan fingerprint density at radius 1 is 1.00 bits per heavy atom. The van der Waals surface area contributed by atoms with E-state index in [0.29, 0.717) is 37.2 Å². The zero-order valence-electron chi connectivity index (χ0n) is 25.0. The highest BCUT2D eigenvalue weighted by atomic mass is 32.2. The van der Waals surface area contributed by atoms with Crippen LogP contribution in [0, 0.1) is 12.8 Å². The molecule has 0 bridgehead atoms. The first kappa shape index (κ1) is 31.6. The van der Waals surface area contributed by atoms with Crippen LogP contribution in [0.5, 0.6) is 0 Å². The number of nitrogens with one attached hydrogen (secondary N) is 1. The first-order valence-corrected chi connectivity index (χ1v) is 16.7. The van der Waals surface area contributed by atoms with Crippen LogP contribution in [0.1, 0.15) is 85.7 Å². The van der Waals surface area contributed by atoms with E-state index in [0.717, 1.165) is 47.3 Å². The molecule has 0 heterocycles. The van der Waals surface area contributed by atoms with Crippen LogP contribution in [0.2, 0.25) is 0 Å². The molecule has 2 atom stereocenters. The Labute approximate surface area is 250 Å². The number of thioether (sulfide) groups is 1. The van der Waals surface area contributed by atoms with Crippen molar-refractivity contribution >= 4 is 23.6 Å². The molecule has 6 nitrogen and oxygen atoms in total. The monoisotopic (exact) mass is 581 g/mol. The van der Waals surface area contributed by atoms with E-state index < -0.39 is 12.0 Å². The molecule has 2 aromatic carbocycles. The standard InChI is InChI=1S/C34H47NO5S/c1-24-10-7-8-15-29(24)31-21-26(16-17-30(31)33(36)35-32(18-19-41-3)34(37)38-2)22-39-28(23-40-27-13-9-14-27)20-25-11-5-4-6-12-25/h7-8,10,15-17,21,25,27-28,32H,4-6,9,11-14,18-20,22-23H2,1-3H3,(H,35,36)/t28-,32-/m0/s1. The third kappa shape index (κ3) is 9.32. The van der Waals surface area contributed by atoms with Crippen molar-refractivity contribution < 1.29 is 23.8 Å². The Bertz CT molecular complexity index is 1130. The number of benzene rings is 2. The number of rotatable bonds is 15. The largest absolute Gasteiger partial charge is 0.467 e. The maximum Gasteiger partial charge on any atom is 0.328 e. The van der Waals surface area contributed by atoms with Gasteiger partial charge in [-0.2, -0.15) is 11.8 Å². The molecule has 224 valence electrons. The van der Waals surface area contributed by atoms with Gasteiger partial charge in [-0.3, -0.25) is 4.79 Å². The SMILES string of the molecule is COC(=O)[C@H](CCSC)NC(=O)c1ccc(CO[C@H](COC2CCC2)CC2CCCCC2)cc1-c1ccccc1C. The van der Waals surface area contributed by atoms with Gasteiger partial charge in [0.2, 0.25) is 0 Å². The van der Waals surface area contributed by atoms with Gasteiger partial charge in [-0.05, 0) is 91.3 Å². The molecule has 0 unspecified atom stereocenters. The molecule has 1 N–H and O–H groups in total. The number of esters is 1. The molecule has 41 heavy (non-hydrogen) atoms. The molecule has 0 saturated heterocycles. The Balaban J connectivity index is 1.52. The molecule has 0 radical (unpaired) electrons. The van der Waals surface area contributed by atoms with E-state index >= 15 is 0 Å². The normalized spacial score (nSPS) is 17.4. The van der Waals surface area contributed by atoms with Crippen molar-refractivity contribution in [3.63, 3.8) is 0 Å². The van der Waals surface area contributed by atoms with Crippen LogP contribution in [0.15, 0.2) is 42.5 Å². The quantitative estimate of drug-likeness (QED) is 0.226. The predicted molar refractivity (Wildman–Crippen MR) is 166 cm³/mol. The lowest BCUT2D eigenvalue weighted by Gasteiger charge is -2.30. The molecule has 0 aromatic heterocycles. The van der Waals surface area contributed by atoms with Crippen molar-refractivity contribution in [2.45, 2.75) is 96.0 Å². The predicted octanol–water partition coefficient (Wildman–Crippen LogP) is 7.11. The summed E-state index contributed by atoms with van der Waals surface area (Å²) in [5.74, 6) is 0.744. The molecule has 1 amide bonds. The molecule has 2 saturated carbocycles. The minimum atomic E-state index is -0.691. The van der Waals surface area contributed by atoms with Crippen LogP contribution >= 0.6 is 11.8 Å². The number of hydrogen-bond acceptors (Lipinski definition) is 6. The smallest absolute Gasteiger partial charge is 0.328 e. The maximum absolute atomic E-state index is 13.6. The molecule has 2 aliphatic rings. The Hall–Kier alpha value is -2.35. The van der Waals surface area contributed by atoms with Crippen molar-refractivity contribution in [1.82, 2.24) is 5.32 Å². The Morgan fingerprint density at radius 2 is 1.78 bits per heavy atom. The number of ether oxygens (including phenoxy) is 3. The van der Waals surface area contributed by atoms with E-state index in [-0.39, 0.29) is 12.0 Å². The zero-order chi connectivity index (χ0) is 29.0. The highest BCUT2D eigenvalue weighted by Crippen LogP contribution is 2.31. The fourth-order valence-electron chi connectivity index (χ4n) is 5.81. The number of hydrogen-bond donors (Lipinski definition) is 1. The summed E-state index contributed by atoms with van der Waals surface area (Å²) in [6, 6.07) is 13.3. The second-order valence-corrected chi connectivity index (χ2v) is 12.6. The molecule has 4 rings (SSSR count). The summed E-state index contributed by atoms with van der Waals surface area (Å²) < 4.78 is 17.7. The van der Waals surface area contributed by atoms with E-state index in [2.05, 4.69) is 11.4 Å². The molecule has 2 aliphatic carbocycles. The first-order chi connectivity index (χ1) is 20.0. The van der Waals surface area contributed by atoms with Crippen LogP contribution in [0.25, 0.3) is 11.1 Å².